The Kier molecular flexibility index (Phi) is 5.62. The Balaban J connectivity index is 1.62. The minimum Gasteiger partial charge on any atom is -0.497 e. The lowest BCUT2D eigenvalue weighted by molar-refractivity contribution is 0.0657. The molecule has 4 rings (SSSR count). The molecule has 1 unspecified atom stereocenters. The molecular weight excluding hydrogens is 368 g/mol. The highest BCUT2D eigenvalue weighted by molar-refractivity contribution is 5.67. The highest BCUT2D eigenvalue weighted by Gasteiger charge is 2.32. The SMILES string of the molecule is CCOC(=O)N1CCN(C2Cc3ccc(OC)cc3Oc3ccc(C)cc32)CC1. The van der Waals surface area contributed by atoms with Gasteiger partial charge < -0.3 is 19.1 Å². The average Bonchev–Trinajstić information content (AvgIpc) is 2.90. The van der Waals surface area contributed by atoms with Crippen molar-refractivity contribution in [2.24, 2.45) is 0 Å². The maximum Gasteiger partial charge on any atom is 0.409 e. The predicted octanol–water partition coefficient (Wildman–Crippen LogP) is 4.17. The number of hydrogen-bond acceptors (Lipinski definition) is 5. The Labute approximate surface area is 172 Å². The van der Waals surface area contributed by atoms with Crippen LogP contribution in [-0.2, 0) is 11.2 Å². The number of rotatable bonds is 3. The minimum atomic E-state index is -0.218. The van der Waals surface area contributed by atoms with E-state index in [0.717, 1.165) is 42.3 Å². The molecule has 2 heterocycles. The van der Waals surface area contributed by atoms with Crippen molar-refractivity contribution in [3.63, 3.8) is 0 Å². The summed E-state index contributed by atoms with van der Waals surface area (Å²) in [5.74, 6) is 2.53. The maximum absolute atomic E-state index is 12.1. The second-order valence-corrected chi connectivity index (χ2v) is 7.56. The average molecular weight is 396 g/mol. The van der Waals surface area contributed by atoms with Gasteiger partial charge >= 0.3 is 6.09 Å². The zero-order valence-electron chi connectivity index (χ0n) is 17.3. The fourth-order valence-electron chi connectivity index (χ4n) is 4.14. The summed E-state index contributed by atoms with van der Waals surface area (Å²) in [6.07, 6.45) is 0.639. The number of ether oxygens (including phenoxy) is 3. The number of amides is 1. The van der Waals surface area contributed by atoms with Crippen LogP contribution < -0.4 is 9.47 Å². The van der Waals surface area contributed by atoms with E-state index in [4.69, 9.17) is 14.2 Å². The summed E-state index contributed by atoms with van der Waals surface area (Å²) in [7, 11) is 1.67. The Bertz CT molecular complexity index is 890. The van der Waals surface area contributed by atoms with Gasteiger partial charge in [0.05, 0.1) is 13.7 Å². The van der Waals surface area contributed by atoms with Crippen LogP contribution in [-0.4, -0.2) is 55.8 Å². The summed E-state index contributed by atoms with van der Waals surface area (Å²) in [6.45, 7) is 7.32. The molecule has 0 spiro atoms. The molecule has 1 saturated heterocycles. The molecule has 0 aromatic heterocycles. The lowest BCUT2D eigenvalue weighted by Gasteiger charge is -2.39. The summed E-state index contributed by atoms with van der Waals surface area (Å²) < 4.78 is 16.9. The van der Waals surface area contributed by atoms with Crippen LogP contribution in [0.3, 0.4) is 0 Å². The summed E-state index contributed by atoms with van der Waals surface area (Å²) in [4.78, 5) is 16.3. The Morgan fingerprint density at radius 2 is 1.90 bits per heavy atom. The third-order valence-electron chi connectivity index (χ3n) is 5.71. The predicted molar refractivity (Wildman–Crippen MR) is 111 cm³/mol. The smallest absolute Gasteiger partial charge is 0.409 e. The fraction of sp³-hybridized carbons (Fsp3) is 0.435. The van der Waals surface area contributed by atoms with Gasteiger partial charge in [0.25, 0.3) is 0 Å². The van der Waals surface area contributed by atoms with Crippen LogP contribution in [0.25, 0.3) is 0 Å². The van der Waals surface area contributed by atoms with E-state index in [9.17, 15) is 4.79 Å². The number of hydrogen-bond donors (Lipinski definition) is 0. The van der Waals surface area contributed by atoms with Gasteiger partial charge in [-0.25, -0.2) is 4.79 Å². The van der Waals surface area contributed by atoms with Crippen LogP contribution in [0.2, 0.25) is 0 Å². The Morgan fingerprint density at radius 1 is 1.10 bits per heavy atom. The highest BCUT2D eigenvalue weighted by atomic mass is 16.6. The van der Waals surface area contributed by atoms with Crippen molar-refractivity contribution in [2.45, 2.75) is 26.3 Å². The van der Waals surface area contributed by atoms with Gasteiger partial charge in [-0.2, -0.15) is 0 Å². The number of aryl methyl sites for hydroxylation is 1. The van der Waals surface area contributed by atoms with E-state index in [1.165, 1.54) is 11.1 Å². The van der Waals surface area contributed by atoms with Gasteiger partial charge in [0, 0.05) is 43.9 Å². The molecule has 1 amide bonds. The number of carbonyl (C=O) groups is 1. The molecule has 2 aliphatic heterocycles. The van der Waals surface area contributed by atoms with Crippen molar-refractivity contribution in [3.8, 4) is 17.2 Å². The third-order valence-corrected chi connectivity index (χ3v) is 5.71. The van der Waals surface area contributed by atoms with Crippen LogP contribution in [0.5, 0.6) is 17.2 Å². The molecule has 2 aromatic carbocycles. The fourth-order valence-corrected chi connectivity index (χ4v) is 4.14. The first kappa shape index (κ1) is 19.6. The molecule has 29 heavy (non-hydrogen) atoms. The van der Waals surface area contributed by atoms with E-state index in [-0.39, 0.29) is 12.1 Å². The van der Waals surface area contributed by atoms with E-state index < -0.39 is 0 Å². The summed E-state index contributed by atoms with van der Waals surface area (Å²) >= 11 is 0. The molecule has 2 aliphatic rings. The lowest BCUT2D eigenvalue weighted by Crippen LogP contribution is -2.50. The number of benzene rings is 2. The molecule has 6 nitrogen and oxygen atoms in total. The third kappa shape index (κ3) is 4.03. The maximum atomic E-state index is 12.1. The number of carbonyl (C=O) groups excluding carboxylic acids is 1. The molecule has 0 N–H and O–H groups in total. The van der Waals surface area contributed by atoms with Crippen LogP contribution >= 0.6 is 0 Å². The zero-order chi connectivity index (χ0) is 20.4. The van der Waals surface area contributed by atoms with Gasteiger partial charge in [-0.1, -0.05) is 23.8 Å². The van der Waals surface area contributed by atoms with Crippen molar-refractivity contribution in [2.75, 3.05) is 39.9 Å². The summed E-state index contributed by atoms with van der Waals surface area (Å²) in [5.41, 5.74) is 3.58. The minimum absolute atomic E-state index is 0.198. The molecule has 1 fully saturated rings. The number of piperazine rings is 1. The molecule has 0 bridgehead atoms. The van der Waals surface area contributed by atoms with E-state index in [0.29, 0.717) is 19.7 Å². The largest absolute Gasteiger partial charge is 0.497 e. The number of fused-ring (bicyclic) bond motifs is 2. The summed E-state index contributed by atoms with van der Waals surface area (Å²) in [5, 5.41) is 0. The van der Waals surface area contributed by atoms with E-state index in [1.807, 2.05) is 19.1 Å². The van der Waals surface area contributed by atoms with Crippen LogP contribution in [0.15, 0.2) is 36.4 Å². The van der Waals surface area contributed by atoms with Crippen molar-refractivity contribution in [1.29, 1.82) is 0 Å². The standard InChI is InChI=1S/C23H28N2O4/c1-4-28-23(26)25-11-9-24(10-12-25)20-14-17-6-7-18(27-3)15-22(17)29-21-8-5-16(2)13-19(20)21/h5-8,13,15,20H,4,9-12,14H2,1-3H3. The molecular formula is C23H28N2O4. The molecule has 0 saturated carbocycles. The topological polar surface area (TPSA) is 51.2 Å². The van der Waals surface area contributed by atoms with Crippen molar-refractivity contribution >= 4 is 6.09 Å². The monoisotopic (exact) mass is 396 g/mol. The second kappa shape index (κ2) is 8.33. The van der Waals surface area contributed by atoms with Crippen LogP contribution in [0, 0.1) is 6.92 Å². The zero-order valence-corrected chi connectivity index (χ0v) is 17.3. The first-order chi connectivity index (χ1) is 14.1. The van der Waals surface area contributed by atoms with Gasteiger partial charge in [-0.05, 0) is 38.0 Å². The van der Waals surface area contributed by atoms with Crippen LogP contribution in [0.4, 0.5) is 4.79 Å². The van der Waals surface area contributed by atoms with Gasteiger partial charge in [0.15, 0.2) is 0 Å². The number of methoxy groups -OCH3 is 1. The van der Waals surface area contributed by atoms with Crippen molar-refractivity contribution in [3.05, 3.63) is 53.1 Å². The highest BCUT2D eigenvalue weighted by Crippen LogP contribution is 2.42. The van der Waals surface area contributed by atoms with Crippen molar-refractivity contribution < 1.29 is 19.0 Å². The first-order valence-corrected chi connectivity index (χ1v) is 10.2. The van der Waals surface area contributed by atoms with Gasteiger partial charge in [-0.15, -0.1) is 0 Å². The molecule has 6 heteroatoms. The van der Waals surface area contributed by atoms with Gasteiger partial charge in [0.1, 0.15) is 17.2 Å². The molecule has 1 atom stereocenters. The molecule has 0 radical (unpaired) electrons. The quantitative estimate of drug-likeness (QED) is 0.780. The normalized spacial score (nSPS) is 18.9. The van der Waals surface area contributed by atoms with Gasteiger partial charge in [0.2, 0.25) is 0 Å². The molecule has 154 valence electrons. The Morgan fingerprint density at radius 3 is 2.62 bits per heavy atom. The Hall–Kier alpha value is -2.73. The number of nitrogens with zero attached hydrogens (tertiary/aromatic N) is 2. The second-order valence-electron chi connectivity index (χ2n) is 7.56. The van der Waals surface area contributed by atoms with E-state index in [1.54, 1.807) is 12.0 Å². The van der Waals surface area contributed by atoms with Crippen LogP contribution in [0.1, 0.15) is 29.7 Å². The molecule has 2 aromatic rings. The lowest BCUT2D eigenvalue weighted by atomic mass is 9.95. The summed E-state index contributed by atoms with van der Waals surface area (Å²) in [6, 6.07) is 12.6. The van der Waals surface area contributed by atoms with E-state index in [2.05, 4.69) is 36.1 Å². The van der Waals surface area contributed by atoms with Crippen molar-refractivity contribution in [1.82, 2.24) is 9.80 Å². The van der Waals surface area contributed by atoms with Gasteiger partial charge in [-0.3, -0.25) is 4.90 Å². The molecule has 0 aliphatic carbocycles. The first-order valence-electron chi connectivity index (χ1n) is 10.2. The van der Waals surface area contributed by atoms with E-state index >= 15 is 0 Å².